The normalized spacial score (nSPS) is 12.6. The number of carboxylic acid groups (broad SMARTS) is 1. The van der Waals surface area contributed by atoms with Crippen LogP contribution in [0.5, 0.6) is 0 Å². The first kappa shape index (κ1) is 13.8. The van der Waals surface area contributed by atoms with Gasteiger partial charge in [0.05, 0.1) is 0 Å². The molecule has 1 aromatic rings. The summed E-state index contributed by atoms with van der Waals surface area (Å²) in [5, 5.41) is 9.18. The maximum Gasteiger partial charge on any atom is 0.352 e. The van der Waals surface area contributed by atoms with E-state index >= 15 is 0 Å². The van der Waals surface area contributed by atoms with E-state index in [1.165, 1.54) is 19.3 Å². The van der Waals surface area contributed by atoms with E-state index in [9.17, 15) is 9.90 Å². The zero-order chi connectivity index (χ0) is 12.8. The Hall–Kier alpha value is -1.25. The quantitative estimate of drug-likeness (QED) is 0.785. The molecule has 0 aliphatic heterocycles. The van der Waals surface area contributed by atoms with Gasteiger partial charge in [-0.15, -0.1) is 0 Å². The van der Waals surface area contributed by atoms with Gasteiger partial charge in [-0.2, -0.15) is 0 Å². The fourth-order valence-electron chi connectivity index (χ4n) is 2.22. The molecule has 96 valence electrons. The molecule has 0 aliphatic rings. The Morgan fingerprint density at radius 3 is 2.71 bits per heavy atom. The molecule has 3 heteroatoms. The zero-order valence-electron chi connectivity index (χ0n) is 11.1. The highest BCUT2D eigenvalue weighted by Gasteiger charge is 2.15. The van der Waals surface area contributed by atoms with E-state index in [1.807, 2.05) is 23.8 Å². The smallest absolute Gasteiger partial charge is 0.352 e. The Kier molecular flexibility index (Phi) is 5.26. The fourth-order valence-corrected chi connectivity index (χ4v) is 2.22. The Morgan fingerprint density at radius 1 is 1.47 bits per heavy atom. The zero-order valence-corrected chi connectivity index (χ0v) is 11.1. The molecule has 1 N–H and O–H groups in total. The van der Waals surface area contributed by atoms with Gasteiger partial charge in [0.2, 0.25) is 0 Å². The Bertz CT molecular complexity index is 368. The molecule has 0 aromatic carbocycles. The highest BCUT2D eigenvalue weighted by atomic mass is 16.4. The molecule has 1 rings (SSSR count). The van der Waals surface area contributed by atoms with E-state index < -0.39 is 5.97 Å². The third-order valence-electron chi connectivity index (χ3n) is 3.37. The van der Waals surface area contributed by atoms with Crippen molar-refractivity contribution in [2.45, 2.75) is 53.0 Å². The largest absolute Gasteiger partial charge is 0.477 e. The first-order chi connectivity index (χ1) is 8.10. The number of aryl methyl sites for hydroxylation is 1. The van der Waals surface area contributed by atoms with E-state index in [2.05, 4.69) is 13.8 Å². The van der Waals surface area contributed by atoms with Crippen molar-refractivity contribution in [3.05, 3.63) is 23.5 Å². The number of hydrogen-bond donors (Lipinski definition) is 1. The lowest BCUT2D eigenvalue weighted by Gasteiger charge is -2.16. The molecule has 1 aromatic heterocycles. The van der Waals surface area contributed by atoms with E-state index in [1.54, 1.807) is 0 Å². The van der Waals surface area contributed by atoms with Gasteiger partial charge in [0.15, 0.2) is 0 Å². The van der Waals surface area contributed by atoms with Crippen molar-refractivity contribution >= 4 is 5.97 Å². The Morgan fingerprint density at radius 2 is 2.18 bits per heavy atom. The summed E-state index contributed by atoms with van der Waals surface area (Å²) in [5.74, 6) is -0.238. The predicted octanol–water partition coefficient (Wildman–Crippen LogP) is 3.71. The maximum atomic E-state index is 11.2. The number of rotatable bonds is 7. The van der Waals surface area contributed by atoms with Crippen molar-refractivity contribution in [1.82, 2.24) is 4.57 Å². The second-order valence-corrected chi connectivity index (χ2v) is 4.72. The van der Waals surface area contributed by atoms with Crippen LogP contribution in [0.4, 0.5) is 0 Å². The summed E-state index contributed by atoms with van der Waals surface area (Å²) in [6.07, 6.45) is 6.61. The summed E-state index contributed by atoms with van der Waals surface area (Å²) in [5.41, 5.74) is 1.29. The summed E-state index contributed by atoms with van der Waals surface area (Å²) in [4.78, 5) is 11.2. The SMILES string of the molecule is CCCCC(CC)Cn1ccc(C)c1C(=O)O. The molecular formula is C14H23NO2. The number of aromatic carboxylic acids is 1. The van der Waals surface area contributed by atoms with Crippen molar-refractivity contribution in [2.24, 2.45) is 5.92 Å². The van der Waals surface area contributed by atoms with Gasteiger partial charge in [0.1, 0.15) is 5.69 Å². The second-order valence-electron chi connectivity index (χ2n) is 4.72. The average molecular weight is 237 g/mol. The van der Waals surface area contributed by atoms with Crippen molar-refractivity contribution in [1.29, 1.82) is 0 Å². The molecule has 0 amide bonds. The summed E-state index contributed by atoms with van der Waals surface area (Å²) < 4.78 is 1.89. The van der Waals surface area contributed by atoms with Gasteiger partial charge in [0, 0.05) is 12.7 Å². The van der Waals surface area contributed by atoms with Crippen LogP contribution in [0.1, 0.15) is 55.6 Å². The number of nitrogens with zero attached hydrogens (tertiary/aromatic N) is 1. The van der Waals surface area contributed by atoms with Gasteiger partial charge in [-0.25, -0.2) is 4.79 Å². The van der Waals surface area contributed by atoms with E-state index in [0.717, 1.165) is 18.5 Å². The summed E-state index contributed by atoms with van der Waals surface area (Å²) in [6.45, 7) is 7.05. The number of hydrogen-bond acceptors (Lipinski definition) is 1. The van der Waals surface area contributed by atoms with E-state index in [0.29, 0.717) is 11.6 Å². The molecule has 3 nitrogen and oxygen atoms in total. The third kappa shape index (κ3) is 3.62. The van der Waals surface area contributed by atoms with Crippen LogP contribution in [0.15, 0.2) is 12.3 Å². The van der Waals surface area contributed by atoms with Gasteiger partial charge < -0.3 is 9.67 Å². The molecule has 1 heterocycles. The van der Waals surface area contributed by atoms with Crippen LogP contribution in [0, 0.1) is 12.8 Å². The Labute approximate surface area is 103 Å². The highest BCUT2D eigenvalue weighted by Crippen LogP contribution is 2.18. The van der Waals surface area contributed by atoms with Crippen LogP contribution in [0.3, 0.4) is 0 Å². The molecule has 1 unspecified atom stereocenters. The van der Waals surface area contributed by atoms with Crippen LogP contribution in [0.25, 0.3) is 0 Å². The lowest BCUT2D eigenvalue weighted by atomic mass is 9.99. The number of carbonyl (C=O) groups is 1. The monoisotopic (exact) mass is 237 g/mol. The Balaban J connectivity index is 2.75. The van der Waals surface area contributed by atoms with Crippen LogP contribution < -0.4 is 0 Å². The number of carboxylic acids is 1. The number of aromatic nitrogens is 1. The van der Waals surface area contributed by atoms with Crippen molar-refractivity contribution in [2.75, 3.05) is 0 Å². The predicted molar refractivity (Wildman–Crippen MR) is 69.4 cm³/mol. The van der Waals surface area contributed by atoms with Gasteiger partial charge in [-0.1, -0.05) is 33.1 Å². The van der Waals surface area contributed by atoms with E-state index in [-0.39, 0.29) is 0 Å². The molecule has 0 aliphatic carbocycles. The standard InChI is InChI=1S/C14H23NO2/c1-4-6-7-12(5-2)10-15-9-8-11(3)13(15)14(16)17/h8-9,12H,4-7,10H2,1-3H3,(H,16,17). The summed E-state index contributed by atoms with van der Waals surface area (Å²) in [6, 6.07) is 1.88. The molecule has 0 bridgehead atoms. The molecule has 0 saturated heterocycles. The van der Waals surface area contributed by atoms with Crippen LogP contribution >= 0.6 is 0 Å². The first-order valence-corrected chi connectivity index (χ1v) is 6.49. The van der Waals surface area contributed by atoms with Crippen LogP contribution in [-0.2, 0) is 6.54 Å². The molecule has 0 fully saturated rings. The minimum atomic E-state index is -0.821. The average Bonchev–Trinajstić information content (AvgIpc) is 2.65. The lowest BCUT2D eigenvalue weighted by molar-refractivity contribution is 0.0683. The molecule has 17 heavy (non-hydrogen) atoms. The molecular weight excluding hydrogens is 214 g/mol. The van der Waals surface area contributed by atoms with Crippen molar-refractivity contribution < 1.29 is 9.90 Å². The minimum absolute atomic E-state index is 0.444. The topological polar surface area (TPSA) is 42.2 Å². The third-order valence-corrected chi connectivity index (χ3v) is 3.37. The second kappa shape index (κ2) is 6.48. The highest BCUT2D eigenvalue weighted by molar-refractivity contribution is 5.87. The van der Waals surface area contributed by atoms with E-state index in [4.69, 9.17) is 0 Å². The summed E-state index contributed by atoms with van der Waals surface area (Å²) >= 11 is 0. The van der Waals surface area contributed by atoms with Crippen LogP contribution in [-0.4, -0.2) is 15.6 Å². The van der Waals surface area contributed by atoms with Gasteiger partial charge in [0.25, 0.3) is 0 Å². The van der Waals surface area contributed by atoms with Crippen LogP contribution in [0.2, 0.25) is 0 Å². The fraction of sp³-hybridized carbons (Fsp3) is 0.643. The van der Waals surface area contributed by atoms with Gasteiger partial charge >= 0.3 is 5.97 Å². The summed E-state index contributed by atoms with van der Waals surface area (Å²) in [7, 11) is 0. The minimum Gasteiger partial charge on any atom is -0.477 e. The van der Waals surface area contributed by atoms with Crippen molar-refractivity contribution in [3.63, 3.8) is 0 Å². The first-order valence-electron chi connectivity index (χ1n) is 6.49. The molecule has 1 atom stereocenters. The number of unbranched alkanes of at least 4 members (excludes halogenated alkanes) is 1. The van der Waals surface area contributed by atoms with Gasteiger partial charge in [-0.05, 0) is 30.9 Å². The lowest BCUT2D eigenvalue weighted by Crippen LogP contribution is -2.15. The molecule has 0 saturated carbocycles. The molecule has 0 spiro atoms. The maximum absolute atomic E-state index is 11.2. The molecule has 0 radical (unpaired) electrons. The van der Waals surface area contributed by atoms with Crippen molar-refractivity contribution in [3.8, 4) is 0 Å². The van der Waals surface area contributed by atoms with Gasteiger partial charge in [-0.3, -0.25) is 0 Å².